The zero-order valence-corrected chi connectivity index (χ0v) is 16.4. The molecule has 1 atom stereocenters. The van der Waals surface area contributed by atoms with Crippen molar-refractivity contribution in [1.82, 2.24) is 4.57 Å². The van der Waals surface area contributed by atoms with Crippen molar-refractivity contribution in [2.24, 2.45) is 10.9 Å². The van der Waals surface area contributed by atoms with Crippen molar-refractivity contribution in [3.05, 3.63) is 42.1 Å². The molecule has 1 aliphatic rings. The number of aliphatic carboxylic acids is 1. The summed E-state index contributed by atoms with van der Waals surface area (Å²) in [5.74, 6) is -2.56. The molecule has 1 aromatic heterocycles. The number of amides is 1. The maximum atomic E-state index is 12.4. The molecule has 0 aliphatic carbocycles. The minimum absolute atomic E-state index is 0.152. The molecule has 0 saturated heterocycles. The van der Waals surface area contributed by atoms with E-state index in [1.54, 1.807) is 32.0 Å². The summed E-state index contributed by atoms with van der Waals surface area (Å²) in [6.45, 7) is 3.38. The van der Waals surface area contributed by atoms with Crippen molar-refractivity contribution in [1.29, 1.82) is 0 Å². The first-order valence-electron chi connectivity index (χ1n) is 7.30. The van der Waals surface area contributed by atoms with E-state index in [2.05, 4.69) is 20.9 Å². The van der Waals surface area contributed by atoms with Crippen molar-refractivity contribution in [2.45, 2.75) is 19.9 Å². The molecule has 1 N–H and O–H groups in total. The van der Waals surface area contributed by atoms with Crippen LogP contribution in [0.5, 0.6) is 5.88 Å². The highest BCUT2D eigenvalue weighted by Crippen LogP contribution is 2.36. The third kappa shape index (κ3) is 2.96. The van der Waals surface area contributed by atoms with Gasteiger partial charge in [-0.15, -0.1) is 11.3 Å². The highest BCUT2D eigenvalue weighted by Gasteiger charge is 2.29. The van der Waals surface area contributed by atoms with Crippen LogP contribution in [0.2, 0.25) is 0 Å². The Morgan fingerprint density at radius 3 is 2.72 bits per heavy atom. The van der Waals surface area contributed by atoms with Crippen LogP contribution in [0.4, 0.5) is 0 Å². The number of carboxylic acid groups (broad SMARTS) is 1. The normalized spacial score (nSPS) is 14.6. The number of carbonyl (C=O) groups excluding carboxylic acids is 2. The third-order valence-electron chi connectivity index (χ3n) is 3.86. The van der Waals surface area contributed by atoms with Crippen molar-refractivity contribution >= 4 is 56.9 Å². The average molecular weight is 440 g/mol. The lowest BCUT2D eigenvalue weighted by Gasteiger charge is -2.24. The van der Waals surface area contributed by atoms with Gasteiger partial charge in [-0.2, -0.15) is 0 Å². The molecule has 1 amide bonds. The summed E-state index contributed by atoms with van der Waals surface area (Å²) in [6.07, 6.45) is 0. The van der Waals surface area contributed by atoms with Gasteiger partial charge >= 0.3 is 0 Å². The number of hydrogen-bond donors (Lipinski definition) is 1. The monoisotopic (exact) mass is 439 g/mol. The summed E-state index contributed by atoms with van der Waals surface area (Å²) < 4.78 is 2.04. The van der Waals surface area contributed by atoms with Crippen LogP contribution in [0.25, 0.3) is 5.57 Å². The number of thiazole rings is 1. The van der Waals surface area contributed by atoms with Crippen molar-refractivity contribution < 1.29 is 19.8 Å². The van der Waals surface area contributed by atoms with Crippen LogP contribution in [0, 0.1) is 9.87 Å². The maximum Gasteiger partial charge on any atom is 0.279 e. The molecule has 6 nitrogen and oxygen atoms in total. The Labute approximate surface area is 159 Å². The second kappa shape index (κ2) is 6.47. The van der Waals surface area contributed by atoms with Crippen LogP contribution in [-0.2, 0) is 9.59 Å². The van der Waals surface area contributed by atoms with E-state index >= 15 is 0 Å². The van der Waals surface area contributed by atoms with Crippen LogP contribution < -0.4 is 15.7 Å². The van der Waals surface area contributed by atoms with Gasteiger partial charge < -0.3 is 15.0 Å². The molecule has 0 radical (unpaired) electrons. The first-order chi connectivity index (χ1) is 11.7. The standard InChI is InChI=1S/C16H13BrN2O4S2/c1-6(2)11(15(22)23)19-14(21)12(25-16(19)24)10-8-5-7(17)3-4-9(8)18-13(10)20/h3-6,11,21H,1-2H3,(H,22,23)/p-1. The Kier molecular flexibility index (Phi) is 4.65. The Balaban J connectivity index is 2.32. The van der Waals surface area contributed by atoms with E-state index in [4.69, 9.17) is 12.2 Å². The minimum atomic E-state index is -1.35. The summed E-state index contributed by atoms with van der Waals surface area (Å²) in [5.41, 5.74) is 0.213. The van der Waals surface area contributed by atoms with E-state index in [-0.39, 0.29) is 26.2 Å². The lowest BCUT2D eigenvalue weighted by molar-refractivity contribution is -0.311. The number of benzene rings is 1. The van der Waals surface area contributed by atoms with Gasteiger partial charge in [0.2, 0.25) is 5.88 Å². The number of hydrogen-bond acceptors (Lipinski definition) is 6. The number of halogens is 1. The Morgan fingerprint density at radius 1 is 1.44 bits per heavy atom. The van der Waals surface area contributed by atoms with Crippen molar-refractivity contribution in [2.75, 3.05) is 0 Å². The zero-order chi connectivity index (χ0) is 18.5. The fourth-order valence-electron chi connectivity index (χ4n) is 2.77. The van der Waals surface area contributed by atoms with Crippen molar-refractivity contribution in [3.8, 4) is 5.88 Å². The van der Waals surface area contributed by atoms with Gasteiger partial charge in [0.1, 0.15) is 4.88 Å². The maximum absolute atomic E-state index is 12.4. The van der Waals surface area contributed by atoms with Gasteiger partial charge in [-0.05, 0) is 36.3 Å². The molecule has 130 valence electrons. The van der Waals surface area contributed by atoms with Crippen molar-refractivity contribution in [3.63, 3.8) is 0 Å². The summed E-state index contributed by atoms with van der Waals surface area (Å²) in [6, 6.07) is 4.05. The number of fused-ring (bicyclic) bond motifs is 1. The third-order valence-corrected chi connectivity index (χ3v) is 5.76. The Hall–Kier alpha value is -1.84. The van der Waals surface area contributed by atoms with E-state index in [1.807, 2.05) is 0 Å². The van der Waals surface area contributed by atoms with Gasteiger partial charge in [-0.25, -0.2) is 4.99 Å². The van der Waals surface area contributed by atoms with Crippen LogP contribution in [0.15, 0.2) is 27.7 Å². The number of rotatable bonds is 4. The number of nitrogens with zero attached hydrogens (tertiary/aromatic N) is 2. The summed E-state index contributed by atoms with van der Waals surface area (Å²) in [4.78, 5) is 28.0. The van der Waals surface area contributed by atoms with Gasteiger partial charge in [0.05, 0.1) is 22.9 Å². The number of aromatic hydroxyl groups is 1. The topological polar surface area (TPSA) is 94.7 Å². The molecule has 1 aromatic carbocycles. The second-order valence-electron chi connectivity index (χ2n) is 5.85. The predicted molar refractivity (Wildman–Crippen MR) is 96.1 cm³/mol. The second-order valence-corrected chi connectivity index (χ2v) is 8.41. The molecule has 0 bridgehead atoms. The van der Waals surface area contributed by atoms with E-state index in [0.717, 1.165) is 20.4 Å². The number of aromatic nitrogens is 1. The fraction of sp³-hybridized carbons (Fsp3) is 0.250. The Morgan fingerprint density at radius 2 is 2.12 bits per heavy atom. The lowest BCUT2D eigenvalue weighted by Crippen LogP contribution is -2.36. The zero-order valence-electron chi connectivity index (χ0n) is 13.1. The van der Waals surface area contributed by atoms with Crippen LogP contribution >= 0.6 is 39.5 Å². The average Bonchev–Trinajstić information content (AvgIpc) is 2.96. The van der Waals surface area contributed by atoms with E-state index in [9.17, 15) is 19.8 Å². The molecular weight excluding hydrogens is 428 g/mol. The van der Waals surface area contributed by atoms with E-state index in [1.165, 1.54) is 0 Å². The smallest absolute Gasteiger partial charge is 0.279 e. The lowest BCUT2D eigenvalue weighted by atomic mass is 10.0. The fourth-order valence-corrected chi connectivity index (χ4v) is 4.54. The highest BCUT2D eigenvalue weighted by molar-refractivity contribution is 9.10. The molecule has 0 saturated carbocycles. The van der Waals surface area contributed by atoms with Gasteiger partial charge in [-0.3, -0.25) is 9.36 Å². The predicted octanol–water partition coefficient (Wildman–Crippen LogP) is 1.05. The summed E-state index contributed by atoms with van der Waals surface area (Å²) in [5, 5.41) is 23.2. The van der Waals surface area contributed by atoms with Gasteiger partial charge in [-0.1, -0.05) is 29.8 Å². The molecule has 3 rings (SSSR count). The molecule has 0 fully saturated rings. The Bertz CT molecular complexity index is 1080. The number of carboxylic acids is 1. The van der Waals surface area contributed by atoms with Gasteiger partial charge in [0, 0.05) is 9.69 Å². The molecule has 9 heteroatoms. The molecule has 1 aliphatic heterocycles. The summed E-state index contributed by atoms with van der Waals surface area (Å²) in [7, 11) is 0. The largest absolute Gasteiger partial charge is 0.548 e. The SMILES string of the molecule is CC(C)C(C(=O)[O-])n1c(O)c(C2=c3cc(Br)ccc3=NC2=O)sc1=S. The summed E-state index contributed by atoms with van der Waals surface area (Å²) >= 11 is 9.56. The molecule has 2 heterocycles. The highest BCUT2D eigenvalue weighted by atomic mass is 79.9. The van der Waals surface area contributed by atoms with E-state index in [0.29, 0.717) is 10.6 Å². The van der Waals surface area contributed by atoms with Crippen LogP contribution in [0.3, 0.4) is 0 Å². The van der Waals surface area contributed by atoms with Gasteiger partial charge in [0.15, 0.2) is 3.95 Å². The molecule has 2 aromatic rings. The first-order valence-corrected chi connectivity index (χ1v) is 9.32. The minimum Gasteiger partial charge on any atom is -0.548 e. The first kappa shape index (κ1) is 18.0. The molecular formula is C16H12BrN2O4S2-. The molecule has 25 heavy (non-hydrogen) atoms. The van der Waals surface area contributed by atoms with Gasteiger partial charge in [0.25, 0.3) is 5.91 Å². The van der Waals surface area contributed by atoms with Crippen LogP contribution in [-0.4, -0.2) is 21.6 Å². The van der Waals surface area contributed by atoms with Crippen LogP contribution in [0.1, 0.15) is 24.8 Å². The quantitative estimate of drug-likeness (QED) is 0.718. The van der Waals surface area contributed by atoms with E-state index < -0.39 is 17.9 Å². The number of carbonyl (C=O) groups is 2. The molecule has 1 unspecified atom stereocenters. The molecule has 0 spiro atoms.